The molecule has 2 aliphatic heterocycles. The maximum absolute atomic E-state index is 13.3. The number of nitrogens with zero attached hydrogens (tertiary/aromatic N) is 2. The van der Waals surface area contributed by atoms with Gasteiger partial charge >= 0.3 is 0 Å². The maximum Gasteiger partial charge on any atom is 0.247 e. The van der Waals surface area contributed by atoms with Gasteiger partial charge in [0.2, 0.25) is 11.8 Å². The molecule has 2 N–H and O–H groups in total. The van der Waals surface area contributed by atoms with E-state index in [-0.39, 0.29) is 29.4 Å². The van der Waals surface area contributed by atoms with Crippen LogP contribution < -0.4 is 15.1 Å². The lowest BCUT2D eigenvalue weighted by molar-refractivity contribution is -0.121. The van der Waals surface area contributed by atoms with E-state index in [0.717, 1.165) is 34.1 Å². The Hall–Kier alpha value is -3.75. The summed E-state index contributed by atoms with van der Waals surface area (Å²) in [5, 5.41) is 10.7. The molecule has 0 radical (unpaired) electrons. The van der Waals surface area contributed by atoms with Crippen molar-refractivity contribution in [1.29, 1.82) is 5.41 Å². The van der Waals surface area contributed by atoms with Gasteiger partial charge in [-0.05, 0) is 48.4 Å². The van der Waals surface area contributed by atoms with Crippen LogP contribution in [0.15, 0.2) is 78.9 Å². The fraction of sp³-hybridized carbons (Fsp3) is 0.179. The minimum atomic E-state index is -0.706. The number of amides is 2. The second-order valence-corrected chi connectivity index (χ2v) is 10.4. The molecule has 2 aliphatic rings. The average molecular weight is 533 g/mol. The molecule has 37 heavy (non-hydrogen) atoms. The summed E-state index contributed by atoms with van der Waals surface area (Å²) in [4.78, 5) is 27.2. The van der Waals surface area contributed by atoms with Crippen LogP contribution in [0.2, 0.25) is 5.02 Å². The topological polar surface area (TPSA) is 85.7 Å². The van der Waals surface area contributed by atoms with Gasteiger partial charge in [-0.15, -0.1) is 0 Å². The van der Waals surface area contributed by atoms with Crippen molar-refractivity contribution in [2.24, 2.45) is 0 Å². The van der Waals surface area contributed by atoms with E-state index in [9.17, 15) is 9.59 Å². The van der Waals surface area contributed by atoms with Crippen molar-refractivity contribution >= 4 is 51.7 Å². The summed E-state index contributed by atoms with van der Waals surface area (Å²) in [6.07, 6.45) is 2.06. The number of benzene rings is 3. The van der Waals surface area contributed by atoms with Crippen LogP contribution in [0, 0.1) is 12.3 Å². The highest BCUT2D eigenvalue weighted by Crippen LogP contribution is 2.37. The summed E-state index contributed by atoms with van der Waals surface area (Å²) in [5.41, 5.74) is 7.74. The number of nitrogens with one attached hydrogen (secondary N) is 2. The predicted octanol–water partition coefficient (Wildman–Crippen LogP) is 5.56. The number of carbonyl (C=O) groups excluding carboxylic acids is 2. The third-order valence-electron chi connectivity index (χ3n) is 6.31. The Morgan fingerprint density at radius 3 is 2.51 bits per heavy atom. The Morgan fingerprint density at radius 2 is 1.81 bits per heavy atom. The van der Waals surface area contributed by atoms with E-state index < -0.39 is 5.25 Å². The highest BCUT2D eigenvalue weighted by atomic mass is 35.5. The van der Waals surface area contributed by atoms with Crippen LogP contribution in [-0.4, -0.2) is 34.4 Å². The van der Waals surface area contributed by atoms with E-state index in [4.69, 9.17) is 21.7 Å². The van der Waals surface area contributed by atoms with Crippen LogP contribution in [0.4, 0.5) is 5.69 Å². The summed E-state index contributed by atoms with van der Waals surface area (Å²) in [5.74, 6) is -0.0867. The molecule has 188 valence electrons. The van der Waals surface area contributed by atoms with E-state index in [1.807, 2.05) is 61.5 Å². The Labute approximate surface area is 224 Å². The molecule has 7 nitrogen and oxygen atoms in total. The van der Waals surface area contributed by atoms with Gasteiger partial charge in [-0.2, -0.15) is 0 Å². The Balaban J connectivity index is 1.38. The summed E-state index contributed by atoms with van der Waals surface area (Å²) in [7, 11) is 1.53. The molecule has 2 heterocycles. The monoisotopic (exact) mass is 532 g/mol. The van der Waals surface area contributed by atoms with Gasteiger partial charge in [0.25, 0.3) is 0 Å². The number of thioether (sulfide) groups is 1. The Morgan fingerprint density at radius 1 is 1.08 bits per heavy atom. The molecular formula is C28H25ClN4O3S. The van der Waals surface area contributed by atoms with Crippen molar-refractivity contribution in [2.75, 3.05) is 12.0 Å². The lowest BCUT2D eigenvalue weighted by Crippen LogP contribution is -2.39. The molecule has 3 aromatic carbocycles. The fourth-order valence-electron chi connectivity index (χ4n) is 4.35. The largest absolute Gasteiger partial charge is 0.497 e. The molecule has 3 aromatic rings. The average Bonchev–Trinajstić information content (AvgIpc) is 3.46. The molecule has 5 rings (SSSR count). The molecular weight excluding hydrogens is 508 g/mol. The number of halogens is 1. The van der Waals surface area contributed by atoms with Crippen LogP contribution >= 0.6 is 23.4 Å². The first kappa shape index (κ1) is 24.9. The second-order valence-electron chi connectivity index (χ2n) is 8.81. The number of rotatable bonds is 5. The number of carbonyl (C=O) groups is 2. The molecule has 2 unspecified atom stereocenters. The number of hydrogen-bond acceptors (Lipinski definition) is 6. The van der Waals surface area contributed by atoms with E-state index in [0.29, 0.717) is 16.5 Å². The van der Waals surface area contributed by atoms with E-state index in [1.54, 1.807) is 29.3 Å². The molecule has 0 spiro atoms. The van der Waals surface area contributed by atoms with Crippen molar-refractivity contribution < 1.29 is 14.3 Å². The zero-order valence-corrected chi connectivity index (χ0v) is 21.8. The van der Waals surface area contributed by atoms with Gasteiger partial charge in [0.15, 0.2) is 5.17 Å². The first-order valence-corrected chi connectivity index (χ1v) is 13.0. The van der Waals surface area contributed by atoms with Crippen LogP contribution in [0.3, 0.4) is 0 Å². The number of ether oxygens (including phenoxy) is 1. The number of amidine groups is 1. The van der Waals surface area contributed by atoms with Crippen LogP contribution in [0.1, 0.15) is 29.2 Å². The number of hydrogen-bond donors (Lipinski definition) is 2. The molecule has 1 saturated heterocycles. The standard InChI is InChI=1S/C28H25ClN4O3S/c1-17-6-8-18(9-7-17)23-15-24(19-10-12-20(29)13-11-19)33(31-23)28(30)37-25-16-26(34)32(27(25)35)21-4-3-5-22(14-21)36-2/h3-15,24-25,30-31H,16H2,1-2H3. The van der Waals surface area contributed by atoms with Gasteiger partial charge in [-0.3, -0.25) is 25.4 Å². The lowest BCUT2D eigenvalue weighted by Gasteiger charge is -2.28. The van der Waals surface area contributed by atoms with Gasteiger partial charge in [-0.25, -0.2) is 4.90 Å². The molecule has 0 aliphatic carbocycles. The van der Waals surface area contributed by atoms with Gasteiger partial charge in [0.05, 0.1) is 24.5 Å². The van der Waals surface area contributed by atoms with Crippen LogP contribution in [0.25, 0.3) is 5.70 Å². The third kappa shape index (κ3) is 5.08. The van der Waals surface area contributed by atoms with Crippen molar-refractivity contribution in [3.8, 4) is 5.75 Å². The van der Waals surface area contributed by atoms with Gasteiger partial charge in [0.1, 0.15) is 11.0 Å². The van der Waals surface area contributed by atoms with Gasteiger partial charge in [0, 0.05) is 17.5 Å². The summed E-state index contributed by atoms with van der Waals surface area (Å²) in [6.45, 7) is 2.03. The highest BCUT2D eigenvalue weighted by Gasteiger charge is 2.42. The normalized spacial score (nSPS) is 19.2. The second kappa shape index (κ2) is 10.3. The quantitative estimate of drug-likeness (QED) is 0.254. The number of methoxy groups -OCH3 is 1. The van der Waals surface area contributed by atoms with E-state index in [2.05, 4.69) is 5.43 Å². The molecule has 9 heteroatoms. The Kier molecular flexibility index (Phi) is 6.95. The zero-order valence-electron chi connectivity index (χ0n) is 20.3. The predicted molar refractivity (Wildman–Crippen MR) is 148 cm³/mol. The van der Waals surface area contributed by atoms with Crippen LogP contribution in [-0.2, 0) is 9.59 Å². The van der Waals surface area contributed by atoms with E-state index >= 15 is 0 Å². The van der Waals surface area contributed by atoms with Gasteiger partial charge < -0.3 is 4.74 Å². The lowest BCUT2D eigenvalue weighted by atomic mass is 10.0. The molecule has 0 saturated carbocycles. The number of imide groups is 1. The molecule has 2 atom stereocenters. The first-order chi connectivity index (χ1) is 17.8. The summed E-state index contributed by atoms with van der Waals surface area (Å²) in [6, 6.07) is 22.1. The smallest absolute Gasteiger partial charge is 0.247 e. The summed E-state index contributed by atoms with van der Waals surface area (Å²) >= 11 is 7.18. The third-order valence-corrected chi connectivity index (χ3v) is 7.63. The fourth-order valence-corrected chi connectivity index (χ4v) is 5.45. The molecule has 1 fully saturated rings. The molecule has 2 amide bonds. The highest BCUT2D eigenvalue weighted by molar-refractivity contribution is 8.14. The zero-order chi connectivity index (χ0) is 26.1. The minimum absolute atomic E-state index is 0.0147. The number of aryl methyl sites for hydroxylation is 1. The number of anilines is 1. The maximum atomic E-state index is 13.3. The van der Waals surface area contributed by atoms with Crippen molar-refractivity contribution in [3.63, 3.8) is 0 Å². The van der Waals surface area contributed by atoms with Crippen molar-refractivity contribution in [2.45, 2.75) is 24.6 Å². The van der Waals surface area contributed by atoms with Gasteiger partial charge in [-0.1, -0.05) is 71.4 Å². The molecule has 0 bridgehead atoms. The molecule has 0 aromatic heterocycles. The SMILES string of the molecule is COc1cccc(N2C(=O)CC(SC(=N)N3NC(c4ccc(C)cc4)=CC3c3ccc(Cl)cc3)C2=O)c1. The summed E-state index contributed by atoms with van der Waals surface area (Å²) < 4.78 is 5.24. The number of hydrazine groups is 1. The Bertz CT molecular complexity index is 1390. The van der Waals surface area contributed by atoms with Crippen molar-refractivity contribution in [3.05, 3.63) is 101 Å². The first-order valence-electron chi connectivity index (χ1n) is 11.7. The van der Waals surface area contributed by atoms with E-state index in [1.165, 1.54) is 12.0 Å². The van der Waals surface area contributed by atoms with Crippen molar-refractivity contribution in [1.82, 2.24) is 10.4 Å². The van der Waals surface area contributed by atoms with Crippen LogP contribution in [0.5, 0.6) is 5.75 Å². The minimum Gasteiger partial charge on any atom is -0.497 e.